The zero-order chi connectivity index (χ0) is 20.4. The summed E-state index contributed by atoms with van der Waals surface area (Å²) in [5.74, 6) is 2.74. The van der Waals surface area contributed by atoms with Crippen LogP contribution in [0.5, 0.6) is 28.7 Å². The lowest BCUT2D eigenvalue weighted by Gasteiger charge is -2.15. The molecule has 3 rings (SSSR count). The van der Waals surface area contributed by atoms with Gasteiger partial charge in [-0.1, -0.05) is 0 Å². The molecular formula is C20H19IO7. The number of halogens is 1. The lowest BCUT2D eigenvalue weighted by atomic mass is 10.1. The third-order valence-electron chi connectivity index (χ3n) is 4.28. The Morgan fingerprint density at radius 2 is 1.36 bits per heavy atom. The quantitative estimate of drug-likeness (QED) is 0.474. The molecule has 2 aromatic carbocycles. The lowest BCUT2D eigenvalue weighted by Crippen LogP contribution is -2.05. The zero-order valence-electron chi connectivity index (χ0n) is 16.0. The maximum absolute atomic E-state index is 12.9. The fourth-order valence-electron chi connectivity index (χ4n) is 2.94. The second-order valence-electron chi connectivity index (χ2n) is 5.68. The first kappa shape index (κ1) is 20.1. The lowest BCUT2D eigenvalue weighted by molar-refractivity contribution is 0.349. The van der Waals surface area contributed by atoms with Gasteiger partial charge < -0.3 is 28.1 Å². The third kappa shape index (κ3) is 3.32. The predicted molar refractivity (Wildman–Crippen MR) is 113 cm³/mol. The third-order valence-corrected chi connectivity index (χ3v) is 5.30. The van der Waals surface area contributed by atoms with Gasteiger partial charge in [-0.25, -0.2) is 0 Å². The number of benzene rings is 2. The van der Waals surface area contributed by atoms with E-state index in [1.54, 1.807) is 25.3 Å². The van der Waals surface area contributed by atoms with E-state index in [-0.39, 0.29) is 5.43 Å². The highest BCUT2D eigenvalue weighted by molar-refractivity contribution is 14.1. The number of fused-ring (bicyclic) bond motifs is 1. The summed E-state index contributed by atoms with van der Waals surface area (Å²) < 4.78 is 33.7. The average Bonchev–Trinajstić information content (AvgIpc) is 2.72. The highest BCUT2D eigenvalue weighted by Crippen LogP contribution is 2.42. The van der Waals surface area contributed by atoms with Crippen LogP contribution in [-0.4, -0.2) is 35.5 Å². The molecule has 0 bridgehead atoms. The van der Waals surface area contributed by atoms with Crippen LogP contribution in [0.2, 0.25) is 0 Å². The highest BCUT2D eigenvalue weighted by atomic mass is 127. The summed E-state index contributed by atoms with van der Waals surface area (Å²) in [5, 5.41) is 0.343. The molecule has 0 aliphatic rings. The topological polar surface area (TPSA) is 76.4 Å². The van der Waals surface area contributed by atoms with E-state index in [0.717, 1.165) is 0 Å². The summed E-state index contributed by atoms with van der Waals surface area (Å²) in [5.41, 5.74) is 0.648. The smallest absolute Gasteiger partial charge is 0.197 e. The summed E-state index contributed by atoms with van der Waals surface area (Å²) in [6, 6.07) is 6.44. The van der Waals surface area contributed by atoms with Crippen LogP contribution >= 0.6 is 22.6 Å². The van der Waals surface area contributed by atoms with Gasteiger partial charge in [0.05, 0.1) is 44.7 Å². The zero-order valence-corrected chi connectivity index (χ0v) is 18.2. The largest absolute Gasteiger partial charge is 0.496 e. The van der Waals surface area contributed by atoms with Crippen molar-refractivity contribution in [1.29, 1.82) is 0 Å². The van der Waals surface area contributed by atoms with Crippen molar-refractivity contribution in [2.45, 2.75) is 0 Å². The Bertz CT molecular complexity index is 1090. The van der Waals surface area contributed by atoms with E-state index in [0.29, 0.717) is 54.6 Å². The van der Waals surface area contributed by atoms with Gasteiger partial charge in [0, 0.05) is 18.2 Å². The Hall–Kier alpha value is -2.62. The minimum absolute atomic E-state index is 0.245. The van der Waals surface area contributed by atoms with Crippen molar-refractivity contribution in [3.8, 4) is 40.1 Å². The van der Waals surface area contributed by atoms with E-state index in [1.165, 1.54) is 34.5 Å². The van der Waals surface area contributed by atoms with Crippen LogP contribution in [-0.2, 0) is 0 Å². The van der Waals surface area contributed by atoms with Gasteiger partial charge in [0.15, 0.2) is 22.7 Å². The molecular weight excluding hydrogens is 479 g/mol. The summed E-state index contributed by atoms with van der Waals surface area (Å²) in [7, 11) is 7.64. The molecule has 0 aliphatic heterocycles. The molecule has 0 atom stereocenters. The summed E-state index contributed by atoms with van der Waals surface area (Å²) in [4.78, 5) is 12.9. The molecule has 0 fully saturated rings. The Labute approximate surface area is 175 Å². The highest BCUT2D eigenvalue weighted by Gasteiger charge is 2.21. The fourth-order valence-corrected chi connectivity index (χ4v) is 3.80. The predicted octanol–water partition coefficient (Wildman–Crippen LogP) is 4.11. The van der Waals surface area contributed by atoms with Crippen LogP contribution in [0.15, 0.2) is 33.5 Å². The molecule has 148 valence electrons. The Morgan fingerprint density at radius 1 is 0.750 bits per heavy atom. The molecule has 0 spiro atoms. The standard InChI is InChI=1S/C20H19IO7/c1-23-12-8-15(25-3)14(24-2)6-10(12)13-7-11(22)18-16(28-13)9-17(26-4)19(21)20(18)27-5/h6-9H,1-5H3. The van der Waals surface area contributed by atoms with Crippen LogP contribution < -0.4 is 29.1 Å². The number of hydrogen-bond donors (Lipinski definition) is 0. The molecule has 0 saturated carbocycles. The van der Waals surface area contributed by atoms with E-state index in [9.17, 15) is 4.79 Å². The molecule has 0 saturated heterocycles. The van der Waals surface area contributed by atoms with E-state index in [2.05, 4.69) is 22.6 Å². The maximum atomic E-state index is 12.9. The molecule has 0 aliphatic carbocycles. The maximum Gasteiger partial charge on any atom is 0.197 e. The summed E-state index contributed by atoms with van der Waals surface area (Å²) in [6.07, 6.45) is 0. The van der Waals surface area contributed by atoms with Crippen molar-refractivity contribution in [2.24, 2.45) is 0 Å². The second kappa shape index (κ2) is 8.17. The minimum atomic E-state index is -0.245. The van der Waals surface area contributed by atoms with Gasteiger partial charge in [-0.15, -0.1) is 0 Å². The molecule has 3 aromatic rings. The van der Waals surface area contributed by atoms with Crippen LogP contribution in [0.1, 0.15) is 0 Å². The van der Waals surface area contributed by atoms with Crippen molar-refractivity contribution in [1.82, 2.24) is 0 Å². The van der Waals surface area contributed by atoms with Crippen LogP contribution in [0.4, 0.5) is 0 Å². The average molecular weight is 498 g/mol. The molecule has 1 aromatic heterocycles. The van der Waals surface area contributed by atoms with Gasteiger partial charge in [0.25, 0.3) is 0 Å². The molecule has 0 unspecified atom stereocenters. The summed E-state index contributed by atoms with van der Waals surface area (Å²) in [6.45, 7) is 0. The van der Waals surface area contributed by atoms with E-state index in [1.807, 2.05) is 0 Å². The van der Waals surface area contributed by atoms with E-state index >= 15 is 0 Å². The van der Waals surface area contributed by atoms with Crippen molar-refractivity contribution < 1.29 is 28.1 Å². The SMILES string of the molecule is COc1cc(OC)c(-c2cc(=O)c3c(OC)c(I)c(OC)cc3o2)cc1OC. The monoisotopic (exact) mass is 498 g/mol. The van der Waals surface area contributed by atoms with Crippen molar-refractivity contribution in [3.05, 3.63) is 38.1 Å². The van der Waals surface area contributed by atoms with Gasteiger partial charge in [-0.05, 0) is 28.7 Å². The second-order valence-corrected chi connectivity index (χ2v) is 6.76. The number of hydrogen-bond acceptors (Lipinski definition) is 7. The van der Waals surface area contributed by atoms with Gasteiger partial charge in [0.2, 0.25) is 0 Å². The van der Waals surface area contributed by atoms with Gasteiger partial charge in [0.1, 0.15) is 28.2 Å². The number of ether oxygens (including phenoxy) is 5. The Balaban J connectivity index is 2.34. The number of rotatable bonds is 6. The van der Waals surface area contributed by atoms with Crippen molar-refractivity contribution in [2.75, 3.05) is 35.5 Å². The number of methoxy groups -OCH3 is 5. The van der Waals surface area contributed by atoms with E-state index in [4.69, 9.17) is 28.1 Å². The molecule has 0 radical (unpaired) electrons. The van der Waals surface area contributed by atoms with Crippen molar-refractivity contribution >= 4 is 33.6 Å². The molecule has 8 heteroatoms. The van der Waals surface area contributed by atoms with Crippen molar-refractivity contribution in [3.63, 3.8) is 0 Å². The minimum Gasteiger partial charge on any atom is -0.496 e. The van der Waals surface area contributed by atoms with E-state index < -0.39 is 0 Å². The first-order valence-electron chi connectivity index (χ1n) is 8.17. The molecule has 7 nitrogen and oxygen atoms in total. The fraction of sp³-hybridized carbons (Fsp3) is 0.250. The van der Waals surface area contributed by atoms with Crippen LogP contribution in [0.3, 0.4) is 0 Å². The first-order valence-corrected chi connectivity index (χ1v) is 9.25. The van der Waals surface area contributed by atoms with Crippen LogP contribution in [0.25, 0.3) is 22.3 Å². The molecule has 0 amide bonds. The normalized spacial score (nSPS) is 10.6. The first-order chi connectivity index (χ1) is 13.5. The molecule has 1 heterocycles. The molecule has 28 heavy (non-hydrogen) atoms. The molecule has 0 N–H and O–H groups in total. The van der Waals surface area contributed by atoms with Crippen LogP contribution in [0, 0.1) is 3.57 Å². The van der Waals surface area contributed by atoms with Gasteiger partial charge >= 0.3 is 0 Å². The van der Waals surface area contributed by atoms with Gasteiger partial charge in [-0.3, -0.25) is 4.79 Å². The summed E-state index contributed by atoms with van der Waals surface area (Å²) >= 11 is 2.07. The van der Waals surface area contributed by atoms with Gasteiger partial charge in [-0.2, -0.15) is 0 Å². The Morgan fingerprint density at radius 3 is 1.93 bits per heavy atom. The Kier molecular flexibility index (Phi) is 5.87.